The third-order valence-electron chi connectivity index (χ3n) is 9.77. The molecule has 2 aliphatic rings. The van der Waals surface area contributed by atoms with Crippen molar-refractivity contribution < 1.29 is 29.0 Å². The second kappa shape index (κ2) is 17.6. The standard InChI is InChI=1S/C43H46N2O6/c46-28-39-25-34-15-7-10-18-37(34)27-45(39)41(47)26-35-16-8-9-17-36(23-31-11-3-1-4-12-31)43(49)51-30-38(44-42(35)48)24-32-19-21-40(22-20-32)50-29-33-13-5-2-6-14-33/h1-15,18-22,35-36,38-39,46H,16-17,23-30H2,(H,44,48)/t35-,36+,38+,39+/m1/s1. The van der Waals surface area contributed by atoms with Gasteiger partial charge in [0, 0.05) is 13.0 Å². The van der Waals surface area contributed by atoms with Crippen molar-refractivity contribution >= 4 is 17.8 Å². The highest BCUT2D eigenvalue weighted by Gasteiger charge is 2.33. The van der Waals surface area contributed by atoms with Crippen LogP contribution in [0.2, 0.25) is 0 Å². The predicted molar refractivity (Wildman–Crippen MR) is 195 cm³/mol. The number of nitrogens with zero attached hydrogens (tertiary/aromatic N) is 1. The maximum atomic E-state index is 13.9. The normalized spacial score (nSPS) is 21.0. The second-order valence-electron chi connectivity index (χ2n) is 13.5. The average Bonchev–Trinajstić information content (AvgIpc) is 3.17. The molecule has 0 radical (unpaired) electrons. The number of amides is 2. The van der Waals surface area contributed by atoms with Crippen LogP contribution < -0.4 is 10.1 Å². The first-order valence-electron chi connectivity index (χ1n) is 17.8. The number of fused-ring (bicyclic) bond motifs is 1. The van der Waals surface area contributed by atoms with Gasteiger partial charge >= 0.3 is 5.97 Å². The van der Waals surface area contributed by atoms with Gasteiger partial charge in [-0.05, 0) is 72.1 Å². The molecular formula is C43H46N2O6. The van der Waals surface area contributed by atoms with E-state index in [-0.39, 0.29) is 49.4 Å². The van der Waals surface area contributed by atoms with Gasteiger partial charge in [-0.15, -0.1) is 0 Å². The Bertz CT molecular complexity index is 1780. The molecule has 0 bridgehead atoms. The third kappa shape index (κ3) is 9.95. The van der Waals surface area contributed by atoms with Gasteiger partial charge in [0.2, 0.25) is 11.8 Å². The summed E-state index contributed by atoms with van der Waals surface area (Å²) in [5.74, 6) is -1.03. The van der Waals surface area contributed by atoms with Gasteiger partial charge in [0.15, 0.2) is 0 Å². The Morgan fingerprint density at radius 2 is 1.39 bits per heavy atom. The van der Waals surface area contributed by atoms with Gasteiger partial charge in [-0.3, -0.25) is 14.4 Å². The van der Waals surface area contributed by atoms with E-state index in [1.165, 1.54) is 0 Å². The van der Waals surface area contributed by atoms with Crippen LogP contribution in [-0.2, 0) is 51.5 Å². The van der Waals surface area contributed by atoms with Gasteiger partial charge in [-0.2, -0.15) is 0 Å². The molecule has 2 amide bonds. The monoisotopic (exact) mass is 686 g/mol. The van der Waals surface area contributed by atoms with E-state index in [9.17, 15) is 19.5 Å². The summed E-state index contributed by atoms with van der Waals surface area (Å²) >= 11 is 0. The molecule has 0 spiro atoms. The number of esters is 1. The molecule has 2 N–H and O–H groups in total. The summed E-state index contributed by atoms with van der Waals surface area (Å²) in [4.78, 5) is 42.9. The van der Waals surface area contributed by atoms with Crippen LogP contribution in [0.5, 0.6) is 5.75 Å². The van der Waals surface area contributed by atoms with Crippen LogP contribution in [0.25, 0.3) is 0 Å². The first-order valence-corrected chi connectivity index (χ1v) is 17.8. The molecule has 8 nitrogen and oxygen atoms in total. The Labute approximate surface area is 300 Å². The molecule has 4 atom stereocenters. The van der Waals surface area contributed by atoms with Crippen LogP contribution in [0, 0.1) is 11.8 Å². The zero-order valence-corrected chi connectivity index (χ0v) is 28.9. The van der Waals surface area contributed by atoms with Crippen molar-refractivity contribution in [2.75, 3.05) is 13.2 Å². The van der Waals surface area contributed by atoms with E-state index in [1.807, 2.05) is 121 Å². The molecule has 0 saturated carbocycles. The summed E-state index contributed by atoms with van der Waals surface area (Å²) in [6.45, 7) is 0.705. The molecule has 4 aromatic carbocycles. The molecule has 0 saturated heterocycles. The van der Waals surface area contributed by atoms with Crippen LogP contribution >= 0.6 is 0 Å². The van der Waals surface area contributed by atoms with Gasteiger partial charge < -0.3 is 24.8 Å². The van der Waals surface area contributed by atoms with Crippen molar-refractivity contribution in [2.45, 2.75) is 63.8 Å². The summed E-state index contributed by atoms with van der Waals surface area (Å²) in [6, 6.07) is 34.6. The molecule has 4 aromatic rings. The lowest BCUT2D eigenvalue weighted by Crippen LogP contribution is -2.48. The maximum absolute atomic E-state index is 13.9. The first-order chi connectivity index (χ1) is 24.9. The summed E-state index contributed by atoms with van der Waals surface area (Å²) in [5.41, 5.74) is 5.25. The number of benzene rings is 4. The minimum absolute atomic E-state index is 0.00198. The van der Waals surface area contributed by atoms with E-state index in [1.54, 1.807) is 4.90 Å². The quantitative estimate of drug-likeness (QED) is 0.157. The number of allylic oxidation sites excluding steroid dienone is 2. The minimum Gasteiger partial charge on any atom is -0.489 e. The number of hydrogen-bond acceptors (Lipinski definition) is 6. The van der Waals surface area contributed by atoms with Crippen molar-refractivity contribution in [3.05, 3.63) is 149 Å². The molecule has 264 valence electrons. The van der Waals surface area contributed by atoms with Crippen molar-refractivity contribution in [3.63, 3.8) is 0 Å². The molecule has 6 rings (SSSR count). The van der Waals surface area contributed by atoms with Crippen LogP contribution in [0.15, 0.2) is 121 Å². The second-order valence-corrected chi connectivity index (χ2v) is 13.5. The number of hydrogen-bond donors (Lipinski definition) is 2. The fourth-order valence-electron chi connectivity index (χ4n) is 6.85. The number of carbonyl (C=O) groups excluding carboxylic acids is 3. The van der Waals surface area contributed by atoms with E-state index in [2.05, 4.69) is 5.32 Å². The van der Waals surface area contributed by atoms with E-state index in [0.29, 0.717) is 45.3 Å². The highest BCUT2D eigenvalue weighted by molar-refractivity contribution is 5.86. The van der Waals surface area contributed by atoms with E-state index in [4.69, 9.17) is 9.47 Å². The van der Waals surface area contributed by atoms with E-state index in [0.717, 1.165) is 33.6 Å². The van der Waals surface area contributed by atoms with Crippen molar-refractivity contribution in [1.29, 1.82) is 0 Å². The highest BCUT2D eigenvalue weighted by Crippen LogP contribution is 2.26. The number of aliphatic hydroxyl groups excluding tert-OH is 1. The number of cyclic esters (lactones) is 1. The lowest BCUT2D eigenvalue weighted by atomic mass is 9.91. The summed E-state index contributed by atoms with van der Waals surface area (Å²) in [5, 5.41) is 13.3. The Balaban J connectivity index is 1.18. The fourth-order valence-corrected chi connectivity index (χ4v) is 6.85. The summed E-state index contributed by atoms with van der Waals surface area (Å²) < 4.78 is 11.9. The largest absolute Gasteiger partial charge is 0.489 e. The molecular weight excluding hydrogens is 640 g/mol. The molecule has 8 heteroatoms. The van der Waals surface area contributed by atoms with Crippen molar-refractivity contribution in [1.82, 2.24) is 10.2 Å². The number of rotatable bonds is 10. The molecule has 2 heterocycles. The SMILES string of the molecule is O=C1N[C@@H](Cc2ccc(OCc3ccccc3)cc2)COC(=O)[C@H](Cc2ccccc2)CC=CC[C@@H]1CC(=O)N1Cc2ccccc2C[C@H]1CO. The average molecular weight is 687 g/mol. The minimum atomic E-state index is -0.635. The first kappa shape index (κ1) is 35.6. The molecule has 0 unspecified atom stereocenters. The smallest absolute Gasteiger partial charge is 0.309 e. The number of nitrogens with one attached hydrogen (secondary N) is 1. The van der Waals surface area contributed by atoms with Crippen molar-refractivity contribution in [3.8, 4) is 5.75 Å². The Morgan fingerprint density at radius 3 is 2.10 bits per heavy atom. The van der Waals surface area contributed by atoms with Crippen LogP contribution in [0.4, 0.5) is 0 Å². The molecule has 51 heavy (non-hydrogen) atoms. The van der Waals surface area contributed by atoms with Gasteiger partial charge in [-0.1, -0.05) is 109 Å². The Hall–Kier alpha value is -5.21. The Kier molecular flexibility index (Phi) is 12.3. The Morgan fingerprint density at radius 1 is 0.765 bits per heavy atom. The third-order valence-corrected chi connectivity index (χ3v) is 9.77. The molecule has 0 aromatic heterocycles. The van der Waals surface area contributed by atoms with Crippen molar-refractivity contribution in [2.24, 2.45) is 11.8 Å². The van der Waals surface area contributed by atoms with E-state index < -0.39 is 12.0 Å². The molecule has 0 aliphatic carbocycles. The zero-order valence-electron chi connectivity index (χ0n) is 28.9. The molecule has 2 aliphatic heterocycles. The lowest BCUT2D eigenvalue weighted by Gasteiger charge is -2.36. The number of aliphatic hydroxyl groups is 1. The van der Waals surface area contributed by atoms with Crippen LogP contribution in [0.3, 0.4) is 0 Å². The molecule has 0 fully saturated rings. The van der Waals surface area contributed by atoms with Gasteiger partial charge in [0.1, 0.15) is 19.0 Å². The van der Waals surface area contributed by atoms with Gasteiger partial charge in [-0.25, -0.2) is 0 Å². The lowest BCUT2D eigenvalue weighted by molar-refractivity contribution is -0.150. The van der Waals surface area contributed by atoms with E-state index >= 15 is 0 Å². The van der Waals surface area contributed by atoms with Gasteiger partial charge in [0.25, 0.3) is 0 Å². The maximum Gasteiger partial charge on any atom is 0.309 e. The summed E-state index contributed by atoms with van der Waals surface area (Å²) in [6.07, 6.45) is 6.17. The number of carbonyl (C=O) groups is 3. The van der Waals surface area contributed by atoms with Gasteiger partial charge in [0.05, 0.1) is 30.5 Å². The topological polar surface area (TPSA) is 105 Å². The van der Waals surface area contributed by atoms with Crippen LogP contribution in [-0.4, -0.2) is 53.1 Å². The zero-order chi connectivity index (χ0) is 35.4. The van der Waals surface area contributed by atoms with Crippen LogP contribution in [0.1, 0.15) is 47.1 Å². The fraction of sp³-hybridized carbons (Fsp3) is 0.326. The summed E-state index contributed by atoms with van der Waals surface area (Å²) in [7, 11) is 0. The predicted octanol–water partition coefficient (Wildman–Crippen LogP) is 6.00. The highest BCUT2D eigenvalue weighted by atomic mass is 16.5. The number of ether oxygens (including phenoxy) is 2.